The van der Waals surface area contributed by atoms with Crippen LogP contribution in [0.1, 0.15) is 54.6 Å². The van der Waals surface area contributed by atoms with Gasteiger partial charge in [0.1, 0.15) is 30.5 Å². The predicted molar refractivity (Wildman–Crippen MR) is 138 cm³/mol. The molecular weight excluding hydrogens is 528 g/mol. The molecule has 1 saturated carbocycles. The maximum absolute atomic E-state index is 14.4. The third-order valence-electron chi connectivity index (χ3n) is 6.69. The quantitative estimate of drug-likeness (QED) is 0.218. The molecule has 0 bridgehead atoms. The van der Waals surface area contributed by atoms with Gasteiger partial charge in [-0.25, -0.2) is 24.3 Å². The molecule has 1 unspecified atom stereocenters. The van der Waals surface area contributed by atoms with Gasteiger partial charge in [-0.15, -0.1) is 0 Å². The van der Waals surface area contributed by atoms with Crippen LogP contribution >= 0.6 is 0 Å². The number of halogens is 4. The van der Waals surface area contributed by atoms with E-state index in [9.17, 15) is 17.6 Å². The third-order valence-corrected chi connectivity index (χ3v) is 6.69. The highest BCUT2D eigenvalue weighted by Gasteiger charge is 2.34. The lowest BCUT2D eigenvalue weighted by molar-refractivity contribution is -0.140. The number of rotatable bonds is 10. The molecule has 40 heavy (non-hydrogen) atoms. The van der Waals surface area contributed by atoms with Gasteiger partial charge in [0.05, 0.1) is 12.8 Å². The first-order valence-electron chi connectivity index (χ1n) is 12.9. The Kier molecular flexibility index (Phi) is 7.68. The minimum Gasteiger partial charge on any atom is -0.480 e. The van der Waals surface area contributed by atoms with E-state index in [0.717, 1.165) is 30.3 Å². The Labute approximate surface area is 228 Å². The largest absolute Gasteiger partial charge is 0.480 e. The van der Waals surface area contributed by atoms with E-state index in [-0.39, 0.29) is 30.7 Å². The van der Waals surface area contributed by atoms with Crippen molar-refractivity contribution in [1.82, 2.24) is 29.5 Å². The van der Waals surface area contributed by atoms with Crippen LogP contribution in [0.15, 0.2) is 43.0 Å². The summed E-state index contributed by atoms with van der Waals surface area (Å²) in [6.07, 6.45) is 0.774. The van der Waals surface area contributed by atoms with Crippen LogP contribution < -0.4 is 9.47 Å². The summed E-state index contributed by atoms with van der Waals surface area (Å²) in [5.41, 5.74) is 2.24. The molecular formula is C28H28F4N6O2. The van der Waals surface area contributed by atoms with Crippen molar-refractivity contribution in [2.45, 2.75) is 57.5 Å². The average Bonchev–Trinajstić information content (AvgIpc) is 3.72. The van der Waals surface area contributed by atoms with Gasteiger partial charge in [0, 0.05) is 42.9 Å². The summed E-state index contributed by atoms with van der Waals surface area (Å²) in [6, 6.07) is 6.83. The molecule has 5 rings (SSSR count). The smallest absolute Gasteiger partial charge is 0.434 e. The number of methoxy groups -OCH3 is 1. The molecule has 4 aromatic rings. The fourth-order valence-corrected chi connectivity index (χ4v) is 4.35. The standard InChI is InChI=1S/C28H28F4N6O2/c1-4-20(29)11-19-12-33-24(22-23(17-9-10-17)34-15-35-27(22)39-3)37-26(19)40-14-16-5-7-18(8-6-16)25-36-21(13-38(25)2)28(30,31)32/h5-8,12-13,15,17,20H,4,9-11,14H2,1-3H3. The highest BCUT2D eigenvalue weighted by Crippen LogP contribution is 2.45. The second kappa shape index (κ2) is 11.2. The van der Waals surface area contributed by atoms with Crippen LogP contribution in [-0.2, 0) is 26.3 Å². The van der Waals surface area contributed by atoms with Crippen molar-refractivity contribution in [1.29, 1.82) is 0 Å². The molecule has 12 heteroatoms. The summed E-state index contributed by atoms with van der Waals surface area (Å²) in [4.78, 5) is 21.5. The third kappa shape index (κ3) is 5.90. The number of benzene rings is 1. The summed E-state index contributed by atoms with van der Waals surface area (Å²) in [5.74, 6) is 1.39. The number of hydrogen-bond donors (Lipinski definition) is 0. The minimum absolute atomic E-state index is 0.0870. The second-order valence-electron chi connectivity index (χ2n) is 9.70. The van der Waals surface area contributed by atoms with Crippen molar-refractivity contribution >= 4 is 0 Å². The second-order valence-corrected chi connectivity index (χ2v) is 9.70. The number of aryl methyl sites for hydroxylation is 1. The maximum Gasteiger partial charge on any atom is 0.434 e. The molecule has 0 amide bonds. The topological polar surface area (TPSA) is 87.8 Å². The van der Waals surface area contributed by atoms with Gasteiger partial charge >= 0.3 is 6.18 Å². The van der Waals surface area contributed by atoms with E-state index >= 15 is 0 Å². The van der Waals surface area contributed by atoms with Gasteiger partial charge in [-0.2, -0.15) is 18.2 Å². The van der Waals surface area contributed by atoms with Crippen LogP contribution in [0.3, 0.4) is 0 Å². The molecule has 1 fully saturated rings. The molecule has 0 aliphatic heterocycles. The summed E-state index contributed by atoms with van der Waals surface area (Å²) < 4.78 is 66.4. The first kappa shape index (κ1) is 27.5. The number of imidazole rings is 1. The molecule has 0 N–H and O–H groups in total. The minimum atomic E-state index is -4.52. The molecule has 1 aromatic carbocycles. The van der Waals surface area contributed by atoms with Gasteiger partial charge in [0.2, 0.25) is 11.8 Å². The van der Waals surface area contributed by atoms with Crippen LogP contribution in [0.4, 0.5) is 17.6 Å². The van der Waals surface area contributed by atoms with E-state index in [1.54, 1.807) is 37.4 Å². The Morgan fingerprint density at radius 2 is 1.80 bits per heavy atom. The Hall–Kier alpha value is -4.09. The summed E-state index contributed by atoms with van der Waals surface area (Å²) in [7, 11) is 3.03. The van der Waals surface area contributed by atoms with Gasteiger partial charge in [-0.1, -0.05) is 31.2 Å². The number of aromatic nitrogens is 6. The Bertz CT molecular complexity index is 1490. The Morgan fingerprint density at radius 3 is 2.42 bits per heavy atom. The molecule has 0 saturated heterocycles. The molecule has 1 atom stereocenters. The van der Waals surface area contributed by atoms with Gasteiger partial charge in [0.15, 0.2) is 11.5 Å². The first-order valence-corrected chi connectivity index (χ1v) is 12.9. The van der Waals surface area contributed by atoms with Crippen molar-refractivity contribution in [3.05, 3.63) is 65.5 Å². The average molecular weight is 557 g/mol. The fourth-order valence-electron chi connectivity index (χ4n) is 4.35. The van der Waals surface area contributed by atoms with E-state index in [0.29, 0.717) is 34.8 Å². The SMILES string of the molecule is CCC(F)Cc1cnc(-c2c(OC)ncnc2C2CC2)nc1OCc1ccc(-c2nc(C(F)(F)F)cn2C)cc1. The zero-order chi connectivity index (χ0) is 28.4. The van der Waals surface area contributed by atoms with E-state index in [4.69, 9.17) is 9.47 Å². The van der Waals surface area contributed by atoms with Crippen LogP contribution in [0.2, 0.25) is 0 Å². The van der Waals surface area contributed by atoms with Crippen molar-refractivity contribution in [2.24, 2.45) is 7.05 Å². The van der Waals surface area contributed by atoms with E-state index in [1.165, 1.54) is 25.1 Å². The van der Waals surface area contributed by atoms with Crippen LogP contribution in [-0.4, -0.2) is 42.8 Å². The Balaban J connectivity index is 1.41. The lowest BCUT2D eigenvalue weighted by Gasteiger charge is -2.15. The van der Waals surface area contributed by atoms with E-state index < -0.39 is 18.0 Å². The van der Waals surface area contributed by atoms with Crippen LogP contribution in [0.5, 0.6) is 11.8 Å². The molecule has 0 spiro atoms. The summed E-state index contributed by atoms with van der Waals surface area (Å²) in [5, 5.41) is 0. The van der Waals surface area contributed by atoms with E-state index in [2.05, 4.69) is 24.9 Å². The number of ether oxygens (including phenoxy) is 2. The maximum atomic E-state index is 14.4. The van der Waals surface area contributed by atoms with Crippen molar-refractivity contribution in [3.8, 4) is 34.5 Å². The molecule has 210 valence electrons. The molecule has 8 nitrogen and oxygen atoms in total. The predicted octanol–water partition coefficient (Wildman–Crippen LogP) is 6.11. The fraction of sp³-hybridized carbons (Fsp3) is 0.393. The van der Waals surface area contributed by atoms with E-state index in [1.807, 2.05) is 0 Å². The van der Waals surface area contributed by atoms with Gasteiger partial charge < -0.3 is 14.0 Å². The normalized spacial score (nSPS) is 14.3. The lowest BCUT2D eigenvalue weighted by atomic mass is 10.1. The monoisotopic (exact) mass is 556 g/mol. The summed E-state index contributed by atoms with van der Waals surface area (Å²) in [6.45, 7) is 1.86. The van der Waals surface area contributed by atoms with Crippen LogP contribution in [0.25, 0.3) is 22.8 Å². The van der Waals surface area contributed by atoms with Gasteiger partial charge in [0.25, 0.3) is 0 Å². The summed E-state index contributed by atoms with van der Waals surface area (Å²) >= 11 is 0. The first-order chi connectivity index (χ1) is 19.2. The molecule has 1 aliphatic carbocycles. The zero-order valence-electron chi connectivity index (χ0n) is 22.2. The highest BCUT2D eigenvalue weighted by atomic mass is 19.4. The Morgan fingerprint density at radius 1 is 1.05 bits per heavy atom. The highest BCUT2D eigenvalue weighted by molar-refractivity contribution is 5.66. The van der Waals surface area contributed by atoms with Crippen molar-refractivity contribution < 1.29 is 27.0 Å². The lowest BCUT2D eigenvalue weighted by Crippen LogP contribution is -2.10. The number of nitrogens with zero attached hydrogens (tertiary/aromatic N) is 6. The van der Waals surface area contributed by atoms with Crippen molar-refractivity contribution in [3.63, 3.8) is 0 Å². The molecule has 0 radical (unpaired) electrons. The molecule has 1 aliphatic rings. The molecule has 3 heterocycles. The van der Waals surface area contributed by atoms with Gasteiger partial charge in [-0.3, -0.25) is 0 Å². The van der Waals surface area contributed by atoms with Crippen LogP contribution in [0, 0.1) is 0 Å². The zero-order valence-corrected chi connectivity index (χ0v) is 22.2. The van der Waals surface area contributed by atoms with Crippen molar-refractivity contribution in [2.75, 3.05) is 7.11 Å². The number of alkyl halides is 4. The number of hydrogen-bond acceptors (Lipinski definition) is 7. The van der Waals surface area contributed by atoms with Gasteiger partial charge in [-0.05, 0) is 24.8 Å². The molecule has 3 aromatic heterocycles.